The summed E-state index contributed by atoms with van der Waals surface area (Å²) < 4.78 is 1.11. The fourth-order valence-electron chi connectivity index (χ4n) is 1.97. The number of hydrogen-bond acceptors (Lipinski definition) is 4. The van der Waals surface area contributed by atoms with E-state index < -0.39 is 0 Å². The highest BCUT2D eigenvalue weighted by Gasteiger charge is 2.17. The van der Waals surface area contributed by atoms with Crippen LogP contribution in [0.25, 0.3) is 0 Å². The molecule has 0 fully saturated rings. The second-order valence-corrected chi connectivity index (χ2v) is 6.12. The normalized spacial score (nSPS) is 10.7. The number of aromatic nitrogens is 2. The molecule has 2 rings (SSSR count). The first kappa shape index (κ1) is 13.5. The van der Waals surface area contributed by atoms with Crippen LogP contribution in [0, 0.1) is 20.8 Å². The Bertz CT molecular complexity index is 526. The van der Waals surface area contributed by atoms with Crippen molar-refractivity contribution in [3.63, 3.8) is 0 Å². The fourth-order valence-corrected chi connectivity index (χ4v) is 3.61. The van der Waals surface area contributed by atoms with E-state index in [2.05, 4.69) is 50.0 Å². The Morgan fingerprint density at radius 3 is 2.28 bits per heavy atom. The molecule has 0 atom stereocenters. The molecular weight excluding hydrogens is 310 g/mol. The monoisotopic (exact) mass is 325 g/mol. The van der Waals surface area contributed by atoms with E-state index in [4.69, 9.17) is 0 Å². The van der Waals surface area contributed by atoms with E-state index in [0.29, 0.717) is 0 Å². The molecule has 0 aliphatic heterocycles. The lowest BCUT2D eigenvalue weighted by Crippen LogP contribution is -2.20. The lowest BCUT2D eigenvalue weighted by atomic mass is 10.3. The van der Waals surface area contributed by atoms with E-state index in [-0.39, 0.29) is 0 Å². The molecule has 0 spiro atoms. The average Bonchev–Trinajstić information content (AvgIpc) is 2.61. The van der Waals surface area contributed by atoms with Crippen LogP contribution in [0.5, 0.6) is 0 Å². The van der Waals surface area contributed by atoms with Gasteiger partial charge in [-0.05, 0) is 49.7 Å². The van der Waals surface area contributed by atoms with Crippen molar-refractivity contribution in [2.75, 3.05) is 11.4 Å². The van der Waals surface area contributed by atoms with E-state index in [1.165, 1.54) is 10.6 Å². The van der Waals surface area contributed by atoms with Gasteiger partial charge in [-0.3, -0.25) is 0 Å². The van der Waals surface area contributed by atoms with Gasteiger partial charge in [0, 0.05) is 28.2 Å². The van der Waals surface area contributed by atoms with E-state index >= 15 is 0 Å². The maximum Gasteiger partial charge on any atom is 0.230 e. The smallest absolute Gasteiger partial charge is 0.230 e. The Kier molecular flexibility index (Phi) is 4.02. The van der Waals surface area contributed by atoms with Crippen LogP contribution in [-0.2, 0) is 0 Å². The summed E-state index contributed by atoms with van der Waals surface area (Å²) in [4.78, 5) is 12.5. The third-order valence-corrected chi connectivity index (χ3v) is 4.50. The Labute approximate surface area is 120 Å². The Balaban J connectivity index is 2.52. The van der Waals surface area contributed by atoms with Crippen LogP contribution >= 0.6 is 27.3 Å². The number of nitrogens with zero attached hydrogens (tertiary/aromatic N) is 3. The minimum Gasteiger partial charge on any atom is -0.309 e. The molecule has 0 bridgehead atoms. The van der Waals surface area contributed by atoms with Crippen LogP contribution in [0.2, 0.25) is 0 Å². The van der Waals surface area contributed by atoms with E-state index in [1.807, 2.05) is 19.9 Å². The van der Waals surface area contributed by atoms with E-state index in [1.54, 1.807) is 11.3 Å². The minimum absolute atomic E-state index is 0.775. The Morgan fingerprint density at radius 1 is 1.22 bits per heavy atom. The molecule has 0 N–H and O–H groups in total. The van der Waals surface area contributed by atoms with E-state index in [9.17, 15) is 0 Å². The highest BCUT2D eigenvalue weighted by atomic mass is 79.9. The SMILES string of the molecule is CCN(c1nc(C)cc(C)n1)c1c(Br)csc1C. The van der Waals surface area contributed by atoms with Crippen molar-refractivity contribution in [3.05, 3.63) is 32.2 Å². The summed E-state index contributed by atoms with van der Waals surface area (Å²) in [7, 11) is 0. The van der Waals surface area contributed by atoms with Crippen molar-refractivity contribution in [1.29, 1.82) is 0 Å². The zero-order valence-corrected chi connectivity index (χ0v) is 13.4. The maximum atomic E-state index is 4.54. The van der Waals surface area contributed by atoms with Gasteiger partial charge in [0.1, 0.15) is 0 Å². The number of anilines is 2. The highest BCUT2D eigenvalue weighted by molar-refractivity contribution is 9.10. The standard InChI is InChI=1S/C13H16BrN3S/c1-5-17(12-10(4)18-7-11(12)14)13-15-8(2)6-9(3)16-13/h6-7H,5H2,1-4H3. The van der Waals surface area contributed by atoms with Gasteiger partial charge in [-0.1, -0.05) is 0 Å². The quantitative estimate of drug-likeness (QED) is 0.838. The summed E-state index contributed by atoms with van der Waals surface area (Å²) in [5.41, 5.74) is 3.17. The van der Waals surface area contributed by atoms with Gasteiger partial charge in [0.15, 0.2) is 0 Å². The summed E-state index contributed by atoms with van der Waals surface area (Å²) in [5, 5.41) is 2.11. The second-order valence-electron chi connectivity index (χ2n) is 4.18. The molecule has 0 aliphatic rings. The molecule has 18 heavy (non-hydrogen) atoms. The van der Waals surface area contributed by atoms with Gasteiger partial charge in [0.25, 0.3) is 0 Å². The molecule has 3 nitrogen and oxygen atoms in total. The van der Waals surface area contributed by atoms with Crippen molar-refractivity contribution in [1.82, 2.24) is 9.97 Å². The van der Waals surface area contributed by atoms with Gasteiger partial charge >= 0.3 is 0 Å². The predicted molar refractivity (Wildman–Crippen MR) is 80.9 cm³/mol. The number of hydrogen-bond donors (Lipinski definition) is 0. The molecule has 0 amide bonds. The van der Waals surface area contributed by atoms with Gasteiger partial charge in [-0.2, -0.15) is 0 Å². The number of aryl methyl sites for hydroxylation is 3. The molecule has 2 heterocycles. The Hall–Kier alpha value is -0.940. The number of halogens is 1. The van der Waals surface area contributed by atoms with Crippen molar-refractivity contribution >= 4 is 38.9 Å². The van der Waals surface area contributed by atoms with Crippen LogP contribution < -0.4 is 4.90 Å². The molecule has 2 aromatic rings. The fraction of sp³-hybridized carbons (Fsp3) is 0.385. The minimum atomic E-state index is 0.775. The van der Waals surface area contributed by atoms with Crippen LogP contribution in [-0.4, -0.2) is 16.5 Å². The molecular formula is C13H16BrN3S. The molecule has 0 unspecified atom stereocenters. The highest BCUT2D eigenvalue weighted by Crippen LogP contribution is 2.37. The summed E-state index contributed by atoms with van der Waals surface area (Å²) in [6.07, 6.45) is 0. The first-order chi connectivity index (χ1) is 8.52. The lowest BCUT2D eigenvalue weighted by Gasteiger charge is -2.22. The van der Waals surface area contributed by atoms with Crippen molar-refractivity contribution in [2.45, 2.75) is 27.7 Å². The van der Waals surface area contributed by atoms with Gasteiger partial charge in [0.2, 0.25) is 5.95 Å². The van der Waals surface area contributed by atoms with Crippen LogP contribution in [0.15, 0.2) is 15.9 Å². The predicted octanol–water partition coefficient (Wildman–Crippen LogP) is 4.38. The first-order valence-electron chi connectivity index (χ1n) is 5.86. The van der Waals surface area contributed by atoms with Gasteiger partial charge in [-0.25, -0.2) is 9.97 Å². The van der Waals surface area contributed by atoms with Crippen molar-refractivity contribution in [3.8, 4) is 0 Å². The van der Waals surface area contributed by atoms with Crippen LogP contribution in [0.1, 0.15) is 23.2 Å². The lowest BCUT2D eigenvalue weighted by molar-refractivity contribution is 0.917. The molecule has 0 radical (unpaired) electrons. The summed E-state index contributed by atoms with van der Waals surface area (Å²) in [5.74, 6) is 0.775. The third kappa shape index (κ3) is 2.57. The van der Waals surface area contributed by atoms with Gasteiger partial charge in [0.05, 0.1) is 10.2 Å². The molecule has 2 aromatic heterocycles. The number of thiophene rings is 1. The van der Waals surface area contributed by atoms with E-state index in [0.717, 1.165) is 28.4 Å². The Morgan fingerprint density at radius 2 is 1.83 bits per heavy atom. The van der Waals surface area contributed by atoms with Crippen LogP contribution in [0.4, 0.5) is 11.6 Å². The zero-order valence-electron chi connectivity index (χ0n) is 11.0. The van der Waals surface area contributed by atoms with Gasteiger partial charge in [-0.15, -0.1) is 11.3 Å². The zero-order chi connectivity index (χ0) is 13.3. The third-order valence-electron chi connectivity index (χ3n) is 2.70. The molecule has 0 saturated heterocycles. The largest absolute Gasteiger partial charge is 0.309 e. The summed E-state index contributed by atoms with van der Waals surface area (Å²) >= 11 is 5.34. The molecule has 0 aliphatic carbocycles. The molecule has 0 saturated carbocycles. The number of rotatable bonds is 3. The topological polar surface area (TPSA) is 29.0 Å². The van der Waals surface area contributed by atoms with Crippen molar-refractivity contribution < 1.29 is 0 Å². The first-order valence-corrected chi connectivity index (χ1v) is 7.53. The molecule has 5 heteroatoms. The molecule has 96 valence electrons. The second kappa shape index (κ2) is 5.36. The summed E-state index contributed by atoms with van der Waals surface area (Å²) in [6.45, 7) is 9.09. The maximum absolute atomic E-state index is 4.54. The van der Waals surface area contributed by atoms with Crippen LogP contribution in [0.3, 0.4) is 0 Å². The summed E-state index contributed by atoms with van der Waals surface area (Å²) in [6, 6.07) is 1.99. The van der Waals surface area contributed by atoms with Crippen molar-refractivity contribution in [2.24, 2.45) is 0 Å². The average molecular weight is 326 g/mol. The van der Waals surface area contributed by atoms with Gasteiger partial charge < -0.3 is 4.90 Å². The molecule has 0 aromatic carbocycles.